The Morgan fingerprint density at radius 2 is 1.81 bits per heavy atom. The van der Waals surface area contributed by atoms with Crippen molar-refractivity contribution in [3.05, 3.63) is 53.9 Å². The van der Waals surface area contributed by atoms with Gasteiger partial charge in [0, 0.05) is 18.0 Å². The Bertz CT molecular complexity index is 636. The number of hydrogen-bond acceptors (Lipinski definition) is 3. The van der Waals surface area contributed by atoms with Crippen LogP contribution < -0.4 is 0 Å². The molecule has 1 aromatic carbocycles. The predicted molar refractivity (Wildman–Crippen MR) is 70.6 cm³/mol. The van der Waals surface area contributed by atoms with Crippen molar-refractivity contribution in [2.24, 2.45) is 0 Å². The summed E-state index contributed by atoms with van der Waals surface area (Å²) in [5.74, 6) is -0.515. The third-order valence-electron chi connectivity index (χ3n) is 2.79. The van der Waals surface area contributed by atoms with E-state index in [9.17, 15) is 18.0 Å². The van der Waals surface area contributed by atoms with Crippen LogP contribution in [-0.4, -0.2) is 17.6 Å². The van der Waals surface area contributed by atoms with Crippen LogP contribution in [0.5, 0.6) is 0 Å². The van der Waals surface area contributed by atoms with Gasteiger partial charge in [0.2, 0.25) is 0 Å². The molecule has 0 atom stereocenters. The van der Waals surface area contributed by atoms with Crippen LogP contribution in [0.4, 0.5) is 13.2 Å². The first-order valence-corrected chi connectivity index (χ1v) is 6.21. The SMILES string of the molecule is CCOC(=O)c1cncc(-c2ccc(C(F)(F)F)cc2)c1. The molecule has 110 valence electrons. The summed E-state index contributed by atoms with van der Waals surface area (Å²) >= 11 is 0. The van der Waals surface area contributed by atoms with E-state index in [-0.39, 0.29) is 12.2 Å². The number of rotatable bonds is 3. The summed E-state index contributed by atoms with van der Waals surface area (Å²) in [6, 6.07) is 6.20. The summed E-state index contributed by atoms with van der Waals surface area (Å²) in [5.41, 5.74) is 0.630. The van der Waals surface area contributed by atoms with Gasteiger partial charge in [0.05, 0.1) is 17.7 Å². The van der Waals surface area contributed by atoms with Gasteiger partial charge in [-0.3, -0.25) is 4.98 Å². The molecule has 0 bridgehead atoms. The van der Waals surface area contributed by atoms with Crippen molar-refractivity contribution in [2.75, 3.05) is 6.61 Å². The highest BCUT2D eigenvalue weighted by Gasteiger charge is 2.29. The number of hydrogen-bond donors (Lipinski definition) is 0. The van der Waals surface area contributed by atoms with Crippen LogP contribution in [0, 0.1) is 0 Å². The Labute approximate surface area is 119 Å². The zero-order valence-corrected chi connectivity index (χ0v) is 11.1. The van der Waals surface area contributed by atoms with Gasteiger partial charge in [-0.15, -0.1) is 0 Å². The molecule has 21 heavy (non-hydrogen) atoms. The van der Waals surface area contributed by atoms with Crippen LogP contribution in [0.1, 0.15) is 22.8 Å². The van der Waals surface area contributed by atoms with Gasteiger partial charge in [0.15, 0.2) is 0 Å². The number of benzene rings is 1. The molecule has 0 aliphatic carbocycles. The standard InChI is InChI=1S/C15H12F3NO2/c1-2-21-14(20)12-7-11(8-19-9-12)10-3-5-13(6-4-10)15(16,17)18/h3-9H,2H2,1H3. The average Bonchev–Trinajstić information content (AvgIpc) is 2.47. The predicted octanol–water partition coefficient (Wildman–Crippen LogP) is 3.94. The molecule has 1 heterocycles. The van der Waals surface area contributed by atoms with Crippen molar-refractivity contribution in [3.8, 4) is 11.1 Å². The lowest BCUT2D eigenvalue weighted by Crippen LogP contribution is -2.05. The third-order valence-corrected chi connectivity index (χ3v) is 2.79. The number of pyridine rings is 1. The quantitative estimate of drug-likeness (QED) is 0.805. The van der Waals surface area contributed by atoms with Gasteiger partial charge in [0.1, 0.15) is 0 Å². The molecule has 0 radical (unpaired) electrons. The summed E-state index contributed by atoms with van der Waals surface area (Å²) in [5, 5.41) is 0. The minimum atomic E-state index is -4.37. The Morgan fingerprint density at radius 1 is 1.14 bits per heavy atom. The summed E-state index contributed by atoms with van der Waals surface area (Å²) < 4.78 is 42.4. The molecule has 2 rings (SSSR count). The molecule has 0 aliphatic heterocycles. The first-order valence-electron chi connectivity index (χ1n) is 6.21. The molecule has 1 aromatic heterocycles. The van der Waals surface area contributed by atoms with Crippen LogP contribution in [0.3, 0.4) is 0 Å². The minimum absolute atomic E-state index is 0.239. The van der Waals surface area contributed by atoms with E-state index in [1.165, 1.54) is 30.6 Å². The highest BCUT2D eigenvalue weighted by molar-refractivity contribution is 5.90. The average molecular weight is 295 g/mol. The Morgan fingerprint density at radius 3 is 2.38 bits per heavy atom. The number of carbonyl (C=O) groups excluding carboxylic acids is 1. The molecule has 0 N–H and O–H groups in total. The fourth-order valence-corrected chi connectivity index (χ4v) is 1.78. The van der Waals surface area contributed by atoms with E-state index >= 15 is 0 Å². The summed E-state index contributed by atoms with van der Waals surface area (Å²) in [7, 11) is 0. The van der Waals surface area contributed by atoms with E-state index < -0.39 is 17.7 Å². The number of aromatic nitrogens is 1. The number of ether oxygens (including phenoxy) is 1. The van der Waals surface area contributed by atoms with Gasteiger partial charge in [-0.2, -0.15) is 13.2 Å². The zero-order chi connectivity index (χ0) is 15.5. The van der Waals surface area contributed by atoms with E-state index in [1.807, 2.05) is 0 Å². The first-order chi connectivity index (χ1) is 9.91. The molecular formula is C15H12F3NO2. The lowest BCUT2D eigenvalue weighted by molar-refractivity contribution is -0.137. The number of alkyl halides is 3. The lowest BCUT2D eigenvalue weighted by atomic mass is 10.0. The maximum absolute atomic E-state index is 12.5. The molecule has 0 aliphatic rings. The molecule has 0 spiro atoms. The van der Waals surface area contributed by atoms with Crippen molar-refractivity contribution in [1.29, 1.82) is 0 Å². The highest BCUT2D eigenvalue weighted by atomic mass is 19.4. The lowest BCUT2D eigenvalue weighted by Gasteiger charge is -2.08. The van der Waals surface area contributed by atoms with Crippen LogP contribution in [-0.2, 0) is 10.9 Å². The molecule has 0 saturated heterocycles. The van der Waals surface area contributed by atoms with Gasteiger partial charge in [-0.05, 0) is 30.7 Å². The zero-order valence-electron chi connectivity index (χ0n) is 11.1. The molecule has 2 aromatic rings. The smallest absolute Gasteiger partial charge is 0.416 e. The van der Waals surface area contributed by atoms with E-state index in [4.69, 9.17) is 4.74 Å². The maximum atomic E-state index is 12.5. The summed E-state index contributed by atoms with van der Waals surface area (Å²) in [6.45, 7) is 1.92. The van der Waals surface area contributed by atoms with Crippen molar-refractivity contribution in [2.45, 2.75) is 13.1 Å². The van der Waals surface area contributed by atoms with E-state index in [1.54, 1.807) is 6.92 Å². The Balaban J connectivity index is 2.30. The Hall–Kier alpha value is -2.37. The van der Waals surface area contributed by atoms with E-state index in [0.717, 1.165) is 12.1 Å². The summed E-state index contributed by atoms with van der Waals surface area (Å²) in [6.07, 6.45) is -1.54. The second-order valence-corrected chi connectivity index (χ2v) is 4.26. The van der Waals surface area contributed by atoms with Gasteiger partial charge >= 0.3 is 12.1 Å². The van der Waals surface area contributed by atoms with E-state index in [0.29, 0.717) is 11.1 Å². The van der Waals surface area contributed by atoms with Gasteiger partial charge in [0.25, 0.3) is 0 Å². The number of halogens is 3. The van der Waals surface area contributed by atoms with Crippen molar-refractivity contribution in [1.82, 2.24) is 4.98 Å². The maximum Gasteiger partial charge on any atom is 0.416 e. The van der Waals surface area contributed by atoms with Crippen LogP contribution in [0.2, 0.25) is 0 Å². The van der Waals surface area contributed by atoms with Crippen LogP contribution >= 0.6 is 0 Å². The minimum Gasteiger partial charge on any atom is -0.462 e. The third kappa shape index (κ3) is 3.59. The van der Waals surface area contributed by atoms with Crippen molar-refractivity contribution in [3.63, 3.8) is 0 Å². The number of esters is 1. The second kappa shape index (κ2) is 5.95. The normalized spacial score (nSPS) is 11.2. The molecular weight excluding hydrogens is 283 g/mol. The summed E-state index contributed by atoms with van der Waals surface area (Å²) in [4.78, 5) is 15.5. The molecule has 0 saturated carbocycles. The fourth-order valence-electron chi connectivity index (χ4n) is 1.78. The molecule has 3 nitrogen and oxygen atoms in total. The van der Waals surface area contributed by atoms with Crippen LogP contribution in [0.15, 0.2) is 42.7 Å². The second-order valence-electron chi connectivity index (χ2n) is 4.26. The van der Waals surface area contributed by atoms with Gasteiger partial charge < -0.3 is 4.74 Å². The molecule has 0 unspecified atom stereocenters. The Kier molecular flexibility index (Phi) is 4.26. The van der Waals surface area contributed by atoms with Gasteiger partial charge in [-0.1, -0.05) is 12.1 Å². The monoisotopic (exact) mass is 295 g/mol. The van der Waals surface area contributed by atoms with Gasteiger partial charge in [-0.25, -0.2) is 4.79 Å². The van der Waals surface area contributed by atoms with Crippen LogP contribution in [0.25, 0.3) is 11.1 Å². The van der Waals surface area contributed by atoms with Crippen molar-refractivity contribution >= 4 is 5.97 Å². The van der Waals surface area contributed by atoms with Crippen molar-refractivity contribution < 1.29 is 22.7 Å². The molecule has 0 amide bonds. The highest BCUT2D eigenvalue weighted by Crippen LogP contribution is 2.30. The first kappa shape index (κ1) is 15.0. The fraction of sp³-hybridized carbons (Fsp3) is 0.200. The number of carbonyl (C=O) groups is 1. The number of nitrogens with zero attached hydrogens (tertiary/aromatic N) is 1. The molecule has 6 heteroatoms. The largest absolute Gasteiger partial charge is 0.462 e. The topological polar surface area (TPSA) is 39.2 Å². The molecule has 0 fully saturated rings. The van der Waals surface area contributed by atoms with E-state index in [2.05, 4.69) is 4.98 Å².